The van der Waals surface area contributed by atoms with Crippen LogP contribution in [0.1, 0.15) is 24.8 Å². The summed E-state index contributed by atoms with van der Waals surface area (Å²) in [7, 11) is 3.86. The molecule has 4 nitrogen and oxygen atoms in total. The predicted molar refractivity (Wildman–Crippen MR) is 72.8 cm³/mol. The van der Waals surface area contributed by atoms with Gasteiger partial charge in [0, 0.05) is 24.8 Å². The van der Waals surface area contributed by atoms with E-state index in [1.165, 1.54) is 37.9 Å². The normalized spacial score (nSPS) is 21.6. The molecule has 0 bridgehead atoms. The van der Waals surface area contributed by atoms with E-state index >= 15 is 0 Å². The van der Waals surface area contributed by atoms with Gasteiger partial charge in [-0.05, 0) is 51.0 Å². The Morgan fingerprint density at radius 1 is 1.44 bits per heavy atom. The zero-order chi connectivity index (χ0) is 12.8. The first-order chi connectivity index (χ1) is 8.78. The molecule has 1 aliphatic heterocycles. The highest BCUT2D eigenvalue weighted by Crippen LogP contribution is 2.12. The molecule has 1 aromatic heterocycles. The number of hydrogen-bond donors (Lipinski definition) is 1. The standard InChI is InChI=1S/C14H23N3O/c1-17-8-3-4-13(6-9-17)16-11-12-5-7-15-14(10-12)18-2/h5,7,10,13,16H,3-4,6,8-9,11H2,1-2H3. The maximum absolute atomic E-state index is 5.14. The first kappa shape index (κ1) is 13.3. The quantitative estimate of drug-likeness (QED) is 0.880. The molecule has 0 aliphatic carbocycles. The highest BCUT2D eigenvalue weighted by molar-refractivity contribution is 5.20. The fourth-order valence-corrected chi connectivity index (χ4v) is 2.38. The van der Waals surface area contributed by atoms with Gasteiger partial charge in [-0.1, -0.05) is 0 Å². The number of aromatic nitrogens is 1. The molecule has 2 heterocycles. The van der Waals surface area contributed by atoms with Gasteiger partial charge in [-0.15, -0.1) is 0 Å². The van der Waals surface area contributed by atoms with Crippen molar-refractivity contribution >= 4 is 0 Å². The summed E-state index contributed by atoms with van der Waals surface area (Å²) in [6.07, 6.45) is 5.59. The predicted octanol–water partition coefficient (Wildman–Crippen LogP) is 1.66. The summed E-state index contributed by atoms with van der Waals surface area (Å²) in [5, 5.41) is 3.64. The Morgan fingerprint density at radius 3 is 3.17 bits per heavy atom. The van der Waals surface area contributed by atoms with Crippen LogP contribution >= 0.6 is 0 Å². The van der Waals surface area contributed by atoms with Gasteiger partial charge in [-0.25, -0.2) is 4.98 Å². The van der Waals surface area contributed by atoms with Crippen LogP contribution in [-0.4, -0.2) is 43.2 Å². The second-order valence-corrected chi connectivity index (χ2v) is 5.02. The minimum absolute atomic E-state index is 0.633. The summed E-state index contributed by atoms with van der Waals surface area (Å²) in [5.41, 5.74) is 1.24. The summed E-state index contributed by atoms with van der Waals surface area (Å²) >= 11 is 0. The van der Waals surface area contributed by atoms with Gasteiger partial charge >= 0.3 is 0 Å². The fourth-order valence-electron chi connectivity index (χ4n) is 2.38. The summed E-state index contributed by atoms with van der Waals surface area (Å²) in [6, 6.07) is 4.67. The van der Waals surface area contributed by atoms with Gasteiger partial charge in [-0.3, -0.25) is 0 Å². The molecule has 1 aromatic rings. The summed E-state index contributed by atoms with van der Waals surface area (Å²) < 4.78 is 5.14. The van der Waals surface area contributed by atoms with Crippen LogP contribution in [0.4, 0.5) is 0 Å². The molecule has 1 fully saturated rings. The van der Waals surface area contributed by atoms with Crippen LogP contribution in [0, 0.1) is 0 Å². The van der Waals surface area contributed by atoms with Gasteiger partial charge < -0.3 is 15.0 Å². The molecule has 2 rings (SSSR count). The highest BCUT2D eigenvalue weighted by atomic mass is 16.5. The van der Waals surface area contributed by atoms with E-state index in [0.717, 1.165) is 6.54 Å². The smallest absolute Gasteiger partial charge is 0.213 e. The van der Waals surface area contributed by atoms with Crippen LogP contribution in [0.2, 0.25) is 0 Å². The van der Waals surface area contributed by atoms with Gasteiger partial charge in [0.1, 0.15) is 0 Å². The monoisotopic (exact) mass is 249 g/mol. The van der Waals surface area contributed by atoms with Gasteiger partial charge in [0.2, 0.25) is 5.88 Å². The van der Waals surface area contributed by atoms with E-state index < -0.39 is 0 Å². The molecular formula is C14H23N3O. The first-order valence-electron chi connectivity index (χ1n) is 6.69. The largest absolute Gasteiger partial charge is 0.481 e. The third-order valence-electron chi connectivity index (χ3n) is 3.55. The number of pyridine rings is 1. The number of nitrogens with zero attached hydrogens (tertiary/aromatic N) is 2. The van der Waals surface area contributed by atoms with Crippen LogP contribution < -0.4 is 10.1 Å². The minimum Gasteiger partial charge on any atom is -0.481 e. The lowest BCUT2D eigenvalue weighted by Crippen LogP contribution is -2.29. The lowest BCUT2D eigenvalue weighted by Gasteiger charge is -2.16. The van der Waals surface area contributed by atoms with E-state index in [9.17, 15) is 0 Å². The zero-order valence-corrected chi connectivity index (χ0v) is 11.4. The van der Waals surface area contributed by atoms with E-state index in [4.69, 9.17) is 4.74 Å². The summed E-state index contributed by atoms with van der Waals surface area (Å²) in [5.74, 6) is 0.690. The fraction of sp³-hybridized carbons (Fsp3) is 0.643. The van der Waals surface area contributed by atoms with Crippen LogP contribution in [0.15, 0.2) is 18.3 Å². The Balaban J connectivity index is 1.83. The molecule has 0 amide bonds. The SMILES string of the molecule is COc1cc(CNC2CCCN(C)CC2)ccn1. The molecule has 4 heteroatoms. The number of nitrogens with one attached hydrogen (secondary N) is 1. The Morgan fingerprint density at radius 2 is 2.33 bits per heavy atom. The van der Waals surface area contributed by atoms with Crippen molar-refractivity contribution in [2.75, 3.05) is 27.2 Å². The van der Waals surface area contributed by atoms with Crippen molar-refractivity contribution < 1.29 is 4.74 Å². The van der Waals surface area contributed by atoms with Crippen molar-refractivity contribution in [1.82, 2.24) is 15.2 Å². The molecular weight excluding hydrogens is 226 g/mol. The van der Waals surface area contributed by atoms with Crippen LogP contribution in [0.5, 0.6) is 5.88 Å². The number of hydrogen-bond acceptors (Lipinski definition) is 4. The van der Waals surface area contributed by atoms with Crippen LogP contribution in [0.25, 0.3) is 0 Å². The number of ether oxygens (including phenoxy) is 1. The third kappa shape index (κ3) is 3.96. The number of methoxy groups -OCH3 is 1. The average molecular weight is 249 g/mol. The average Bonchev–Trinajstić information content (AvgIpc) is 2.61. The molecule has 18 heavy (non-hydrogen) atoms. The summed E-state index contributed by atoms with van der Waals surface area (Å²) in [6.45, 7) is 3.31. The molecule has 1 N–H and O–H groups in total. The van der Waals surface area contributed by atoms with E-state index in [-0.39, 0.29) is 0 Å². The van der Waals surface area contributed by atoms with E-state index in [2.05, 4.69) is 22.2 Å². The third-order valence-corrected chi connectivity index (χ3v) is 3.55. The lowest BCUT2D eigenvalue weighted by atomic mass is 10.1. The minimum atomic E-state index is 0.633. The number of likely N-dealkylation sites (tertiary alicyclic amines) is 1. The van der Waals surface area contributed by atoms with Crippen molar-refractivity contribution in [2.45, 2.75) is 31.8 Å². The number of rotatable bonds is 4. The summed E-state index contributed by atoms with van der Waals surface area (Å²) in [4.78, 5) is 6.53. The first-order valence-corrected chi connectivity index (χ1v) is 6.69. The van der Waals surface area contributed by atoms with Gasteiger partial charge in [-0.2, -0.15) is 0 Å². The van der Waals surface area contributed by atoms with Gasteiger partial charge in [0.25, 0.3) is 0 Å². The molecule has 0 aromatic carbocycles. The highest BCUT2D eigenvalue weighted by Gasteiger charge is 2.13. The lowest BCUT2D eigenvalue weighted by molar-refractivity contribution is 0.343. The van der Waals surface area contributed by atoms with Gasteiger partial charge in [0.15, 0.2) is 0 Å². The van der Waals surface area contributed by atoms with E-state index in [0.29, 0.717) is 11.9 Å². The second kappa shape index (κ2) is 6.71. The molecule has 1 saturated heterocycles. The van der Waals surface area contributed by atoms with Gasteiger partial charge in [0.05, 0.1) is 7.11 Å². The van der Waals surface area contributed by atoms with E-state index in [1.54, 1.807) is 13.3 Å². The molecule has 1 unspecified atom stereocenters. The Kier molecular flexibility index (Phi) is 4.96. The van der Waals surface area contributed by atoms with E-state index in [1.807, 2.05) is 12.1 Å². The molecule has 0 spiro atoms. The van der Waals surface area contributed by atoms with Crippen molar-refractivity contribution in [3.8, 4) is 5.88 Å². The van der Waals surface area contributed by atoms with Crippen molar-refractivity contribution in [1.29, 1.82) is 0 Å². The van der Waals surface area contributed by atoms with Crippen LogP contribution in [-0.2, 0) is 6.54 Å². The molecule has 0 saturated carbocycles. The maximum atomic E-state index is 5.14. The molecule has 0 radical (unpaired) electrons. The zero-order valence-electron chi connectivity index (χ0n) is 11.4. The van der Waals surface area contributed by atoms with Crippen molar-refractivity contribution in [3.05, 3.63) is 23.9 Å². The molecule has 1 aliphatic rings. The Labute approximate surface area is 109 Å². The topological polar surface area (TPSA) is 37.4 Å². The van der Waals surface area contributed by atoms with Crippen molar-refractivity contribution in [2.24, 2.45) is 0 Å². The Hall–Kier alpha value is -1.13. The molecule has 100 valence electrons. The second-order valence-electron chi connectivity index (χ2n) is 5.02. The Bertz CT molecular complexity index is 370. The maximum Gasteiger partial charge on any atom is 0.213 e. The molecule has 1 atom stereocenters. The van der Waals surface area contributed by atoms with Crippen molar-refractivity contribution in [3.63, 3.8) is 0 Å². The van der Waals surface area contributed by atoms with Crippen LogP contribution in [0.3, 0.4) is 0 Å².